The van der Waals surface area contributed by atoms with Crippen molar-refractivity contribution in [1.29, 1.82) is 0 Å². The molecule has 1 amide bonds. The van der Waals surface area contributed by atoms with Gasteiger partial charge in [-0.1, -0.05) is 22.9 Å². The number of hydrogen-bond donors (Lipinski definition) is 2. The molecular formula is C17H22ClN5O2. The lowest BCUT2D eigenvalue weighted by atomic mass is 10.1. The molecule has 1 saturated heterocycles. The third kappa shape index (κ3) is 4.49. The van der Waals surface area contributed by atoms with Crippen LogP contribution < -0.4 is 15.4 Å². The smallest absolute Gasteiger partial charge is 0.273 e. The quantitative estimate of drug-likeness (QED) is 0.767. The van der Waals surface area contributed by atoms with E-state index in [1.54, 1.807) is 12.1 Å². The predicted molar refractivity (Wildman–Crippen MR) is 95.2 cm³/mol. The van der Waals surface area contributed by atoms with Crippen LogP contribution in [0, 0.1) is 6.92 Å². The predicted octanol–water partition coefficient (Wildman–Crippen LogP) is 1.97. The standard InChI is InChI=1S/C17H22ClN5O2/c1-12-16(21-22-23(12)14-5-7-19-8-6-14)17(24)20-9-10-25-15-4-2-3-13(18)11-15/h2-4,11,14,19H,5-10H2,1H3,(H,20,24). The van der Waals surface area contributed by atoms with Gasteiger partial charge in [-0.05, 0) is 51.1 Å². The Morgan fingerprint density at radius 3 is 3.00 bits per heavy atom. The summed E-state index contributed by atoms with van der Waals surface area (Å²) in [7, 11) is 0. The van der Waals surface area contributed by atoms with Gasteiger partial charge < -0.3 is 15.4 Å². The van der Waals surface area contributed by atoms with Crippen LogP contribution in [0.2, 0.25) is 5.02 Å². The molecule has 2 N–H and O–H groups in total. The molecule has 1 fully saturated rings. The van der Waals surface area contributed by atoms with E-state index in [2.05, 4.69) is 20.9 Å². The van der Waals surface area contributed by atoms with Crippen LogP contribution in [0.25, 0.3) is 0 Å². The van der Waals surface area contributed by atoms with Gasteiger partial charge in [0.1, 0.15) is 12.4 Å². The third-order valence-corrected chi connectivity index (χ3v) is 4.48. The molecule has 0 atom stereocenters. The van der Waals surface area contributed by atoms with Crippen molar-refractivity contribution < 1.29 is 9.53 Å². The summed E-state index contributed by atoms with van der Waals surface area (Å²) in [6.45, 7) is 4.55. The number of benzene rings is 1. The van der Waals surface area contributed by atoms with Crippen LogP contribution in [0.1, 0.15) is 35.1 Å². The van der Waals surface area contributed by atoms with Gasteiger partial charge in [-0.3, -0.25) is 4.79 Å². The number of aromatic nitrogens is 3. The van der Waals surface area contributed by atoms with Gasteiger partial charge in [0.2, 0.25) is 0 Å². The Hall–Kier alpha value is -2.12. The Morgan fingerprint density at radius 2 is 2.24 bits per heavy atom. The van der Waals surface area contributed by atoms with E-state index in [9.17, 15) is 4.79 Å². The Labute approximate surface area is 151 Å². The largest absolute Gasteiger partial charge is 0.492 e. The van der Waals surface area contributed by atoms with E-state index >= 15 is 0 Å². The summed E-state index contributed by atoms with van der Waals surface area (Å²) in [6.07, 6.45) is 2.00. The van der Waals surface area contributed by atoms with Crippen LogP contribution in [0.3, 0.4) is 0 Å². The lowest BCUT2D eigenvalue weighted by Gasteiger charge is -2.23. The first-order chi connectivity index (χ1) is 12.1. The Morgan fingerprint density at radius 1 is 1.44 bits per heavy atom. The molecule has 1 aliphatic rings. The number of rotatable bonds is 6. The van der Waals surface area contributed by atoms with Crippen LogP contribution in [0.5, 0.6) is 5.75 Å². The number of piperidine rings is 1. The Bertz CT molecular complexity index is 728. The van der Waals surface area contributed by atoms with Crippen LogP contribution in [0.4, 0.5) is 0 Å². The molecule has 3 rings (SSSR count). The first-order valence-corrected chi connectivity index (χ1v) is 8.82. The number of amides is 1. The van der Waals surface area contributed by atoms with Crippen LogP contribution >= 0.6 is 11.6 Å². The molecule has 0 bridgehead atoms. The van der Waals surface area contributed by atoms with E-state index in [0.717, 1.165) is 31.6 Å². The van der Waals surface area contributed by atoms with E-state index in [-0.39, 0.29) is 5.91 Å². The molecule has 25 heavy (non-hydrogen) atoms. The summed E-state index contributed by atoms with van der Waals surface area (Å²) in [5.41, 5.74) is 1.18. The summed E-state index contributed by atoms with van der Waals surface area (Å²) >= 11 is 5.90. The number of halogens is 1. The average molecular weight is 364 g/mol. The average Bonchev–Trinajstić information content (AvgIpc) is 3.01. The molecule has 0 radical (unpaired) electrons. The monoisotopic (exact) mass is 363 g/mol. The first kappa shape index (κ1) is 17.7. The number of nitrogens with one attached hydrogen (secondary N) is 2. The molecule has 2 heterocycles. The van der Waals surface area contributed by atoms with Crippen molar-refractivity contribution in [3.8, 4) is 5.75 Å². The fourth-order valence-electron chi connectivity index (χ4n) is 2.92. The third-order valence-electron chi connectivity index (χ3n) is 4.25. The van der Waals surface area contributed by atoms with Gasteiger partial charge in [-0.15, -0.1) is 5.10 Å². The molecule has 1 aliphatic heterocycles. The fourth-order valence-corrected chi connectivity index (χ4v) is 3.10. The fraction of sp³-hybridized carbons (Fsp3) is 0.471. The van der Waals surface area contributed by atoms with E-state index in [1.165, 1.54) is 0 Å². The van der Waals surface area contributed by atoms with Gasteiger partial charge in [0.25, 0.3) is 5.91 Å². The van der Waals surface area contributed by atoms with Crippen molar-refractivity contribution in [1.82, 2.24) is 25.6 Å². The summed E-state index contributed by atoms with van der Waals surface area (Å²) in [5, 5.41) is 15.0. The van der Waals surface area contributed by atoms with Gasteiger partial charge in [-0.2, -0.15) is 0 Å². The maximum Gasteiger partial charge on any atom is 0.273 e. The van der Waals surface area contributed by atoms with Crippen molar-refractivity contribution in [3.63, 3.8) is 0 Å². The zero-order chi connectivity index (χ0) is 17.6. The molecule has 0 saturated carbocycles. The first-order valence-electron chi connectivity index (χ1n) is 8.44. The number of carbonyl (C=O) groups excluding carboxylic acids is 1. The normalized spacial score (nSPS) is 15.1. The summed E-state index contributed by atoms with van der Waals surface area (Å²) in [4.78, 5) is 12.3. The zero-order valence-corrected chi connectivity index (χ0v) is 14.9. The van der Waals surface area contributed by atoms with Crippen molar-refractivity contribution >= 4 is 17.5 Å². The number of ether oxygens (including phenoxy) is 1. The second-order valence-corrected chi connectivity index (χ2v) is 6.45. The van der Waals surface area contributed by atoms with Gasteiger partial charge in [0, 0.05) is 5.02 Å². The SMILES string of the molecule is Cc1c(C(=O)NCCOc2cccc(Cl)c2)nnn1C1CCNCC1. The Balaban J connectivity index is 1.50. The van der Waals surface area contributed by atoms with E-state index in [0.29, 0.717) is 35.7 Å². The van der Waals surface area contributed by atoms with Gasteiger partial charge >= 0.3 is 0 Å². The molecule has 0 spiro atoms. The van der Waals surface area contributed by atoms with Gasteiger partial charge in [0.05, 0.1) is 18.3 Å². The van der Waals surface area contributed by atoms with Crippen LogP contribution in [0.15, 0.2) is 24.3 Å². The molecular weight excluding hydrogens is 342 g/mol. The molecule has 1 aromatic heterocycles. The highest BCUT2D eigenvalue weighted by Gasteiger charge is 2.22. The number of hydrogen-bond acceptors (Lipinski definition) is 5. The highest BCUT2D eigenvalue weighted by molar-refractivity contribution is 6.30. The van der Waals surface area contributed by atoms with E-state index in [1.807, 2.05) is 23.7 Å². The van der Waals surface area contributed by atoms with Crippen molar-refractivity contribution in [3.05, 3.63) is 40.7 Å². The minimum atomic E-state index is -0.229. The number of nitrogens with zero attached hydrogens (tertiary/aromatic N) is 3. The van der Waals surface area contributed by atoms with E-state index < -0.39 is 0 Å². The highest BCUT2D eigenvalue weighted by atomic mass is 35.5. The van der Waals surface area contributed by atoms with Crippen molar-refractivity contribution in [2.45, 2.75) is 25.8 Å². The second kappa shape index (κ2) is 8.31. The van der Waals surface area contributed by atoms with Gasteiger partial charge in [-0.25, -0.2) is 4.68 Å². The van der Waals surface area contributed by atoms with Gasteiger partial charge in [0.15, 0.2) is 5.69 Å². The lowest BCUT2D eigenvalue weighted by Crippen LogP contribution is -2.31. The molecule has 8 heteroatoms. The minimum Gasteiger partial charge on any atom is -0.492 e. The van der Waals surface area contributed by atoms with E-state index in [4.69, 9.17) is 16.3 Å². The molecule has 2 aromatic rings. The summed E-state index contributed by atoms with van der Waals surface area (Å²) in [5.74, 6) is 0.446. The Kier molecular flexibility index (Phi) is 5.88. The van der Waals surface area contributed by atoms with Crippen molar-refractivity contribution in [2.75, 3.05) is 26.2 Å². The molecule has 0 aliphatic carbocycles. The zero-order valence-electron chi connectivity index (χ0n) is 14.2. The second-order valence-electron chi connectivity index (χ2n) is 6.01. The molecule has 1 aromatic carbocycles. The van der Waals surface area contributed by atoms with Crippen molar-refractivity contribution in [2.24, 2.45) is 0 Å². The maximum absolute atomic E-state index is 12.3. The minimum absolute atomic E-state index is 0.229. The highest BCUT2D eigenvalue weighted by Crippen LogP contribution is 2.20. The van der Waals surface area contributed by atoms with Crippen LogP contribution in [-0.4, -0.2) is 47.1 Å². The topological polar surface area (TPSA) is 81.1 Å². The van der Waals surface area contributed by atoms with Crippen LogP contribution in [-0.2, 0) is 0 Å². The summed E-state index contributed by atoms with van der Waals surface area (Å²) < 4.78 is 7.43. The number of carbonyl (C=O) groups is 1. The molecule has 134 valence electrons. The maximum atomic E-state index is 12.3. The summed E-state index contributed by atoms with van der Waals surface area (Å²) in [6, 6.07) is 7.46. The lowest BCUT2D eigenvalue weighted by molar-refractivity contribution is 0.0941. The molecule has 0 unspecified atom stereocenters. The molecule has 7 nitrogen and oxygen atoms in total.